The minimum absolute atomic E-state index is 0.204. The van der Waals surface area contributed by atoms with Gasteiger partial charge in [0.15, 0.2) is 0 Å². The van der Waals surface area contributed by atoms with Gasteiger partial charge in [0.1, 0.15) is 0 Å². The topological polar surface area (TPSA) is 46.9 Å². The second-order valence-corrected chi connectivity index (χ2v) is 4.94. The number of nitrogens with zero attached hydrogens (tertiary/aromatic N) is 2. The first-order valence-electron chi connectivity index (χ1n) is 6.69. The van der Waals surface area contributed by atoms with Crippen molar-refractivity contribution in [2.24, 2.45) is 5.92 Å². The lowest BCUT2D eigenvalue weighted by atomic mass is 10.2. The van der Waals surface area contributed by atoms with Crippen LogP contribution < -0.4 is 5.32 Å². The largest absolute Gasteiger partial charge is 0.356 e. The summed E-state index contributed by atoms with van der Waals surface area (Å²) >= 11 is 0. The minimum Gasteiger partial charge on any atom is -0.356 e. The summed E-state index contributed by atoms with van der Waals surface area (Å²) in [5.74, 6) is 0.488. The molecule has 0 aliphatic heterocycles. The molecule has 1 N–H and O–H groups in total. The summed E-state index contributed by atoms with van der Waals surface area (Å²) in [4.78, 5) is 11.5. The lowest BCUT2D eigenvalue weighted by Crippen LogP contribution is -2.26. The monoisotopic (exact) mass is 255 g/mol. The van der Waals surface area contributed by atoms with Gasteiger partial charge in [-0.2, -0.15) is 5.10 Å². The highest BCUT2D eigenvalue weighted by atomic mass is 16.2. The molecule has 1 fully saturated rings. The third kappa shape index (κ3) is 3.02. The molecule has 2 aromatic rings. The molecular formula is C15H17N3O. The minimum atomic E-state index is 0.204. The molecular weight excluding hydrogens is 238 g/mol. The molecule has 4 heteroatoms. The van der Waals surface area contributed by atoms with Gasteiger partial charge in [-0.05, 0) is 37.0 Å². The predicted molar refractivity (Wildman–Crippen MR) is 73.0 cm³/mol. The van der Waals surface area contributed by atoms with Gasteiger partial charge in [-0.15, -0.1) is 0 Å². The summed E-state index contributed by atoms with van der Waals surface area (Å²) in [6.45, 7) is 0.690. The molecule has 1 aliphatic rings. The fourth-order valence-corrected chi connectivity index (χ4v) is 2.03. The molecule has 1 heterocycles. The Morgan fingerprint density at radius 3 is 2.84 bits per heavy atom. The molecule has 0 unspecified atom stereocenters. The SMILES string of the molecule is O=C(NCCc1cnn(-c2ccccc2)c1)C1CC1. The zero-order chi connectivity index (χ0) is 13.1. The Morgan fingerprint density at radius 1 is 1.32 bits per heavy atom. The lowest BCUT2D eigenvalue weighted by molar-refractivity contribution is -0.122. The molecule has 0 saturated heterocycles. The first-order chi connectivity index (χ1) is 9.33. The Balaban J connectivity index is 1.54. The molecule has 1 aliphatic carbocycles. The van der Waals surface area contributed by atoms with E-state index < -0.39 is 0 Å². The molecule has 1 saturated carbocycles. The Hall–Kier alpha value is -2.10. The fourth-order valence-electron chi connectivity index (χ4n) is 2.03. The van der Waals surface area contributed by atoms with Crippen LogP contribution in [0.3, 0.4) is 0 Å². The van der Waals surface area contributed by atoms with Gasteiger partial charge in [-0.3, -0.25) is 4.79 Å². The third-order valence-corrected chi connectivity index (χ3v) is 3.32. The number of benzene rings is 1. The van der Waals surface area contributed by atoms with E-state index >= 15 is 0 Å². The van der Waals surface area contributed by atoms with E-state index in [1.54, 1.807) is 0 Å². The maximum Gasteiger partial charge on any atom is 0.223 e. The van der Waals surface area contributed by atoms with Crippen LogP contribution in [0.25, 0.3) is 5.69 Å². The van der Waals surface area contributed by atoms with E-state index in [9.17, 15) is 4.79 Å². The average Bonchev–Trinajstić information content (AvgIpc) is 3.20. The van der Waals surface area contributed by atoms with Gasteiger partial charge >= 0.3 is 0 Å². The van der Waals surface area contributed by atoms with Crippen LogP contribution >= 0.6 is 0 Å². The molecule has 0 atom stereocenters. The maximum absolute atomic E-state index is 11.5. The van der Waals surface area contributed by atoms with E-state index in [1.165, 1.54) is 0 Å². The van der Waals surface area contributed by atoms with Gasteiger partial charge in [-0.25, -0.2) is 4.68 Å². The van der Waals surface area contributed by atoms with Crippen LogP contribution in [-0.2, 0) is 11.2 Å². The van der Waals surface area contributed by atoms with Gasteiger partial charge in [0.05, 0.1) is 11.9 Å². The molecule has 1 aromatic carbocycles. The number of para-hydroxylation sites is 1. The normalized spacial score (nSPS) is 14.3. The number of hydrogen-bond acceptors (Lipinski definition) is 2. The van der Waals surface area contributed by atoms with Gasteiger partial charge in [0, 0.05) is 18.7 Å². The number of hydrogen-bond donors (Lipinski definition) is 1. The second-order valence-electron chi connectivity index (χ2n) is 4.94. The maximum atomic E-state index is 11.5. The zero-order valence-corrected chi connectivity index (χ0v) is 10.7. The number of aromatic nitrogens is 2. The summed E-state index contributed by atoms with van der Waals surface area (Å²) < 4.78 is 1.86. The molecule has 19 heavy (non-hydrogen) atoms. The zero-order valence-electron chi connectivity index (χ0n) is 10.7. The van der Waals surface area contributed by atoms with Gasteiger partial charge in [-0.1, -0.05) is 18.2 Å². The summed E-state index contributed by atoms with van der Waals surface area (Å²) in [6.07, 6.45) is 6.80. The standard InChI is InChI=1S/C15H17N3O/c19-15(13-6-7-13)16-9-8-12-10-17-18(11-12)14-4-2-1-3-5-14/h1-5,10-11,13H,6-9H2,(H,16,19). The molecule has 0 bridgehead atoms. The number of amides is 1. The summed E-state index contributed by atoms with van der Waals surface area (Å²) in [5, 5.41) is 7.30. The van der Waals surface area contributed by atoms with Crippen molar-refractivity contribution in [3.63, 3.8) is 0 Å². The van der Waals surface area contributed by atoms with Gasteiger partial charge in [0.2, 0.25) is 5.91 Å². The third-order valence-electron chi connectivity index (χ3n) is 3.32. The summed E-state index contributed by atoms with van der Waals surface area (Å²) in [6, 6.07) is 10.0. The van der Waals surface area contributed by atoms with Crippen LogP contribution in [0.15, 0.2) is 42.7 Å². The van der Waals surface area contributed by atoms with Gasteiger partial charge < -0.3 is 5.32 Å². The molecule has 3 rings (SSSR count). The van der Waals surface area contributed by atoms with Crippen LogP contribution in [-0.4, -0.2) is 22.2 Å². The predicted octanol–water partition coefficient (Wildman–Crippen LogP) is 1.94. The van der Waals surface area contributed by atoms with E-state index in [4.69, 9.17) is 0 Å². The number of rotatable bonds is 5. The van der Waals surface area contributed by atoms with E-state index in [0.29, 0.717) is 6.54 Å². The van der Waals surface area contributed by atoms with Crippen LogP contribution in [0, 0.1) is 5.92 Å². The van der Waals surface area contributed by atoms with Crippen LogP contribution in [0.1, 0.15) is 18.4 Å². The fraction of sp³-hybridized carbons (Fsp3) is 0.333. The Kier molecular flexibility index (Phi) is 3.31. The summed E-state index contributed by atoms with van der Waals surface area (Å²) in [7, 11) is 0. The molecule has 1 aromatic heterocycles. The van der Waals surface area contributed by atoms with Crippen LogP contribution in [0.4, 0.5) is 0 Å². The van der Waals surface area contributed by atoms with Crippen LogP contribution in [0.5, 0.6) is 0 Å². The Morgan fingerprint density at radius 2 is 2.11 bits per heavy atom. The highest BCUT2D eigenvalue weighted by molar-refractivity contribution is 5.80. The number of nitrogens with one attached hydrogen (secondary N) is 1. The Bertz CT molecular complexity index is 558. The average molecular weight is 255 g/mol. The van der Waals surface area contributed by atoms with Crippen molar-refractivity contribution in [2.45, 2.75) is 19.3 Å². The van der Waals surface area contributed by atoms with Gasteiger partial charge in [0.25, 0.3) is 0 Å². The van der Waals surface area contributed by atoms with E-state index in [-0.39, 0.29) is 11.8 Å². The molecule has 0 radical (unpaired) electrons. The van der Waals surface area contributed by atoms with Crippen molar-refractivity contribution < 1.29 is 4.79 Å². The van der Waals surface area contributed by atoms with Crippen molar-refractivity contribution in [3.8, 4) is 5.69 Å². The summed E-state index contributed by atoms with van der Waals surface area (Å²) in [5.41, 5.74) is 2.19. The van der Waals surface area contributed by atoms with Crippen molar-refractivity contribution in [1.82, 2.24) is 15.1 Å². The molecule has 98 valence electrons. The smallest absolute Gasteiger partial charge is 0.223 e. The van der Waals surface area contributed by atoms with E-state index in [0.717, 1.165) is 30.5 Å². The molecule has 0 spiro atoms. The quantitative estimate of drug-likeness (QED) is 0.887. The first-order valence-corrected chi connectivity index (χ1v) is 6.69. The first kappa shape index (κ1) is 12.0. The number of carbonyl (C=O) groups excluding carboxylic acids is 1. The van der Waals surface area contributed by atoms with Crippen molar-refractivity contribution >= 4 is 5.91 Å². The van der Waals surface area contributed by atoms with E-state index in [2.05, 4.69) is 10.4 Å². The molecule has 1 amide bonds. The van der Waals surface area contributed by atoms with Crippen molar-refractivity contribution in [3.05, 3.63) is 48.3 Å². The second kappa shape index (κ2) is 5.26. The molecule has 4 nitrogen and oxygen atoms in total. The Labute approximate surface area is 112 Å². The van der Waals surface area contributed by atoms with E-state index in [1.807, 2.05) is 47.4 Å². The van der Waals surface area contributed by atoms with Crippen molar-refractivity contribution in [1.29, 1.82) is 0 Å². The highest BCUT2D eigenvalue weighted by Gasteiger charge is 2.28. The lowest BCUT2D eigenvalue weighted by Gasteiger charge is -2.02. The van der Waals surface area contributed by atoms with Crippen LogP contribution in [0.2, 0.25) is 0 Å². The van der Waals surface area contributed by atoms with Crippen molar-refractivity contribution in [2.75, 3.05) is 6.54 Å². The highest BCUT2D eigenvalue weighted by Crippen LogP contribution is 2.28. The number of carbonyl (C=O) groups is 1.